The summed E-state index contributed by atoms with van der Waals surface area (Å²) in [6.45, 7) is 3.00. The highest BCUT2D eigenvalue weighted by Gasteiger charge is 2.28. The lowest BCUT2D eigenvalue weighted by molar-refractivity contribution is 0.0908. The van der Waals surface area contributed by atoms with Gasteiger partial charge in [0.25, 0.3) is 5.91 Å². The van der Waals surface area contributed by atoms with Crippen LogP contribution in [0.3, 0.4) is 0 Å². The molecule has 3 heterocycles. The zero-order valence-electron chi connectivity index (χ0n) is 20.6. The first-order valence-corrected chi connectivity index (χ1v) is 12.2. The summed E-state index contributed by atoms with van der Waals surface area (Å²) >= 11 is 0. The number of benzene rings is 2. The van der Waals surface area contributed by atoms with Gasteiger partial charge in [-0.05, 0) is 49.8 Å². The molecule has 0 aliphatic carbocycles. The molecule has 0 saturated heterocycles. The molecule has 1 aromatic heterocycles. The van der Waals surface area contributed by atoms with Gasteiger partial charge in [-0.1, -0.05) is 24.3 Å². The first-order chi connectivity index (χ1) is 17.5. The Kier molecular flexibility index (Phi) is 7.20. The maximum atomic E-state index is 14.2. The molecule has 1 unspecified atom stereocenters. The standard InChI is InChI=1S/C27H31FN4O4/c1-31(2)11-12-34-16-18-7-8-24-19(13-18)14-20(17-35-24)29-27(33)23-15-26-32(30-23)10-9-25(36-26)21-5-3-4-6-22(21)28/h3-8,13,15,20,25H,9-12,14,16-17H2,1-2H3,(H,29,33)/t20-,25?/m1/s1. The van der Waals surface area contributed by atoms with Crippen molar-refractivity contribution in [3.05, 3.63) is 76.7 Å². The highest BCUT2D eigenvalue weighted by molar-refractivity contribution is 5.92. The lowest BCUT2D eigenvalue weighted by Crippen LogP contribution is -2.43. The molecule has 0 bridgehead atoms. The van der Waals surface area contributed by atoms with Crippen molar-refractivity contribution in [2.24, 2.45) is 0 Å². The minimum atomic E-state index is -0.407. The number of nitrogens with one attached hydrogen (secondary N) is 1. The molecule has 0 fully saturated rings. The minimum Gasteiger partial charge on any atom is -0.491 e. The Bertz CT molecular complexity index is 1230. The number of aromatic nitrogens is 2. The van der Waals surface area contributed by atoms with Crippen LogP contribution in [0.4, 0.5) is 4.39 Å². The molecule has 2 aliphatic rings. The van der Waals surface area contributed by atoms with E-state index < -0.39 is 6.10 Å². The Morgan fingerprint density at radius 2 is 2.11 bits per heavy atom. The topological polar surface area (TPSA) is 77.9 Å². The summed E-state index contributed by atoms with van der Waals surface area (Å²) in [5, 5.41) is 7.43. The molecular formula is C27H31FN4O4. The van der Waals surface area contributed by atoms with Crippen molar-refractivity contribution in [1.82, 2.24) is 20.0 Å². The van der Waals surface area contributed by atoms with Gasteiger partial charge in [-0.15, -0.1) is 0 Å². The van der Waals surface area contributed by atoms with E-state index in [4.69, 9.17) is 14.2 Å². The summed E-state index contributed by atoms with van der Waals surface area (Å²) in [5.74, 6) is 0.712. The number of amides is 1. The number of halogens is 1. The van der Waals surface area contributed by atoms with E-state index in [1.165, 1.54) is 6.07 Å². The number of nitrogens with zero attached hydrogens (tertiary/aromatic N) is 3. The van der Waals surface area contributed by atoms with Crippen LogP contribution in [-0.2, 0) is 24.3 Å². The monoisotopic (exact) mass is 494 g/mol. The molecule has 2 atom stereocenters. The number of likely N-dealkylation sites (N-methyl/N-ethyl adjacent to an activating group) is 1. The molecule has 2 aromatic carbocycles. The number of ether oxygens (including phenoxy) is 3. The van der Waals surface area contributed by atoms with E-state index in [9.17, 15) is 9.18 Å². The fraction of sp³-hybridized carbons (Fsp3) is 0.407. The van der Waals surface area contributed by atoms with Gasteiger partial charge in [-0.25, -0.2) is 9.07 Å². The van der Waals surface area contributed by atoms with Gasteiger partial charge in [0.15, 0.2) is 5.69 Å². The fourth-order valence-corrected chi connectivity index (χ4v) is 4.49. The van der Waals surface area contributed by atoms with Gasteiger partial charge in [0.1, 0.15) is 24.3 Å². The molecule has 190 valence electrons. The predicted octanol–water partition coefficient (Wildman–Crippen LogP) is 3.36. The third-order valence-electron chi connectivity index (χ3n) is 6.41. The van der Waals surface area contributed by atoms with Crippen LogP contribution in [0.25, 0.3) is 0 Å². The van der Waals surface area contributed by atoms with Crippen molar-refractivity contribution >= 4 is 5.91 Å². The molecule has 5 rings (SSSR count). The second kappa shape index (κ2) is 10.7. The van der Waals surface area contributed by atoms with E-state index in [-0.39, 0.29) is 23.5 Å². The molecule has 2 aliphatic heterocycles. The molecule has 9 heteroatoms. The van der Waals surface area contributed by atoms with Crippen molar-refractivity contribution in [2.45, 2.75) is 38.1 Å². The maximum Gasteiger partial charge on any atom is 0.272 e. The maximum absolute atomic E-state index is 14.2. The normalized spacial score (nSPS) is 18.7. The molecule has 1 amide bonds. The van der Waals surface area contributed by atoms with Gasteiger partial charge < -0.3 is 24.4 Å². The average molecular weight is 495 g/mol. The van der Waals surface area contributed by atoms with Gasteiger partial charge in [-0.2, -0.15) is 5.10 Å². The molecule has 8 nitrogen and oxygen atoms in total. The molecule has 0 saturated carbocycles. The van der Waals surface area contributed by atoms with Crippen LogP contribution in [0, 0.1) is 5.82 Å². The van der Waals surface area contributed by atoms with Gasteiger partial charge in [0.2, 0.25) is 5.88 Å². The first kappa shape index (κ1) is 24.3. The molecule has 36 heavy (non-hydrogen) atoms. The summed E-state index contributed by atoms with van der Waals surface area (Å²) in [6.07, 6.45) is 0.826. The predicted molar refractivity (Wildman–Crippen MR) is 132 cm³/mol. The van der Waals surface area contributed by atoms with E-state index in [2.05, 4.69) is 21.4 Å². The molecule has 1 N–H and O–H groups in total. The molecule has 0 spiro atoms. The summed E-state index contributed by atoms with van der Waals surface area (Å²) in [5.41, 5.74) is 2.90. The lowest BCUT2D eigenvalue weighted by atomic mass is 10.0. The zero-order chi connectivity index (χ0) is 25.1. The summed E-state index contributed by atoms with van der Waals surface area (Å²) in [6, 6.07) is 14.1. The number of carbonyl (C=O) groups excluding carboxylic acids is 1. The van der Waals surface area contributed by atoms with Crippen LogP contribution in [0.5, 0.6) is 11.6 Å². The Hall–Kier alpha value is -3.43. The van der Waals surface area contributed by atoms with Crippen LogP contribution in [-0.4, -0.2) is 60.5 Å². The van der Waals surface area contributed by atoms with Gasteiger partial charge in [0.05, 0.1) is 19.3 Å². The van der Waals surface area contributed by atoms with Crippen molar-refractivity contribution in [1.29, 1.82) is 0 Å². The van der Waals surface area contributed by atoms with Crippen LogP contribution >= 0.6 is 0 Å². The quantitative estimate of drug-likeness (QED) is 0.484. The number of carbonyl (C=O) groups is 1. The second-order valence-corrected chi connectivity index (χ2v) is 9.49. The second-order valence-electron chi connectivity index (χ2n) is 9.49. The van der Waals surface area contributed by atoms with Crippen LogP contribution in [0.2, 0.25) is 0 Å². The zero-order valence-corrected chi connectivity index (χ0v) is 20.6. The summed E-state index contributed by atoms with van der Waals surface area (Å²) in [4.78, 5) is 15.0. The average Bonchev–Trinajstić information content (AvgIpc) is 3.30. The summed E-state index contributed by atoms with van der Waals surface area (Å²) in [7, 11) is 4.03. The number of hydrogen-bond acceptors (Lipinski definition) is 6. The first-order valence-electron chi connectivity index (χ1n) is 12.2. The van der Waals surface area contributed by atoms with Crippen LogP contribution in [0.15, 0.2) is 48.5 Å². The van der Waals surface area contributed by atoms with Crippen LogP contribution < -0.4 is 14.8 Å². The Balaban J connectivity index is 1.19. The Morgan fingerprint density at radius 3 is 2.94 bits per heavy atom. The number of rotatable bonds is 8. The molecular weight excluding hydrogens is 463 g/mol. The number of fused-ring (bicyclic) bond motifs is 2. The van der Waals surface area contributed by atoms with Crippen molar-refractivity contribution < 1.29 is 23.4 Å². The smallest absolute Gasteiger partial charge is 0.272 e. The molecule has 0 radical (unpaired) electrons. The lowest BCUT2D eigenvalue weighted by Gasteiger charge is -2.26. The van der Waals surface area contributed by atoms with E-state index in [1.54, 1.807) is 28.9 Å². The highest BCUT2D eigenvalue weighted by Crippen LogP contribution is 2.32. The van der Waals surface area contributed by atoms with Crippen molar-refractivity contribution in [2.75, 3.05) is 33.9 Å². The third-order valence-corrected chi connectivity index (χ3v) is 6.41. The Morgan fingerprint density at radius 1 is 1.25 bits per heavy atom. The van der Waals surface area contributed by atoms with E-state index in [1.807, 2.05) is 26.2 Å². The Labute approximate surface area is 209 Å². The van der Waals surface area contributed by atoms with Crippen LogP contribution in [0.1, 0.15) is 39.7 Å². The number of hydrogen-bond donors (Lipinski definition) is 1. The minimum absolute atomic E-state index is 0.180. The van der Waals surface area contributed by atoms with Crippen molar-refractivity contribution in [3.8, 4) is 11.6 Å². The van der Waals surface area contributed by atoms with Crippen molar-refractivity contribution in [3.63, 3.8) is 0 Å². The highest BCUT2D eigenvalue weighted by atomic mass is 19.1. The van der Waals surface area contributed by atoms with E-state index in [0.29, 0.717) is 50.7 Å². The summed E-state index contributed by atoms with van der Waals surface area (Å²) < 4.78 is 33.5. The van der Waals surface area contributed by atoms with Gasteiger partial charge >= 0.3 is 0 Å². The van der Waals surface area contributed by atoms with Gasteiger partial charge in [-0.3, -0.25) is 4.79 Å². The largest absolute Gasteiger partial charge is 0.491 e. The third kappa shape index (κ3) is 5.52. The molecule has 3 aromatic rings. The van der Waals surface area contributed by atoms with E-state index in [0.717, 1.165) is 23.4 Å². The fourth-order valence-electron chi connectivity index (χ4n) is 4.49. The SMILES string of the molecule is CN(C)CCOCc1ccc2c(c1)C[C@@H](NC(=O)c1cc3n(n1)CCC(c1ccccc1F)O3)CO2. The number of aryl methyl sites for hydroxylation is 1. The van der Waals surface area contributed by atoms with Gasteiger partial charge in [0, 0.05) is 31.1 Å². The van der Waals surface area contributed by atoms with E-state index >= 15 is 0 Å².